The number of nitrogens with two attached hydrogens (primary N) is 1. The van der Waals surface area contributed by atoms with Crippen LogP contribution < -0.4 is 5.73 Å². The van der Waals surface area contributed by atoms with E-state index in [1.165, 1.54) is 12.8 Å². The van der Waals surface area contributed by atoms with Crippen molar-refractivity contribution in [2.45, 2.75) is 39.2 Å². The molecule has 11 heavy (non-hydrogen) atoms. The van der Waals surface area contributed by atoms with Gasteiger partial charge in [0, 0.05) is 12.0 Å². The van der Waals surface area contributed by atoms with Crippen molar-refractivity contribution in [1.82, 2.24) is 0 Å². The zero-order valence-electron chi connectivity index (χ0n) is 7.81. The van der Waals surface area contributed by atoms with Gasteiger partial charge in [0.1, 0.15) is 0 Å². The van der Waals surface area contributed by atoms with Crippen LogP contribution in [0, 0.1) is 5.41 Å². The minimum absolute atomic E-state index is 0.00917. The maximum absolute atomic E-state index is 5.67. The predicted octanol–water partition coefficient (Wildman–Crippen LogP) is 1.54. The quantitative estimate of drug-likeness (QED) is 0.674. The Bertz CT molecular complexity index is 133. The number of rotatable bonds is 3. The highest BCUT2D eigenvalue weighted by atomic mass is 16.5. The molecule has 1 aliphatic carbocycles. The molecule has 0 unspecified atom stereocenters. The largest absolute Gasteiger partial charge is 0.375 e. The first kappa shape index (κ1) is 9.01. The van der Waals surface area contributed by atoms with Crippen LogP contribution in [-0.4, -0.2) is 18.8 Å². The average Bonchev–Trinajstić information content (AvgIpc) is 2.63. The van der Waals surface area contributed by atoms with E-state index in [-0.39, 0.29) is 5.60 Å². The minimum Gasteiger partial charge on any atom is -0.375 e. The lowest BCUT2D eigenvalue weighted by Crippen LogP contribution is -2.28. The van der Waals surface area contributed by atoms with Gasteiger partial charge in [-0.15, -0.1) is 0 Å². The summed E-state index contributed by atoms with van der Waals surface area (Å²) in [6.07, 6.45) is 2.50. The van der Waals surface area contributed by atoms with Crippen LogP contribution in [0.5, 0.6) is 0 Å². The molecule has 0 spiro atoms. The Morgan fingerprint density at radius 2 is 1.91 bits per heavy atom. The summed E-state index contributed by atoms with van der Waals surface area (Å²) in [5.41, 5.74) is 5.96. The summed E-state index contributed by atoms with van der Waals surface area (Å²) in [4.78, 5) is 0. The average molecular weight is 157 g/mol. The summed E-state index contributed by atoms with van der Waals surface area (Å²) >= 11 is 0. The molecule has 0 aromatic heterocycles. The van der Waals surface area contributed by atoms with Gasteiger partial charge in [-0.3, -0.25) is 0 Å². The first-order valence-corrected chi connectivity index (χ1v) is 4.32. The van der Waals surface area contributed by atoms with Gasteiger partial charge in [-0.1, -0.05) is 0 Å². The maximum atomic E-state index is 5.67. The molecule has 0 amide bonds. The Morgan fingerprint density at radius 3 is 2.18 bits per heavy atom. The van der Waals surface area contributed by atoms with E-state index in [9.17, 15) is 0 Å². The SMILES string of the molecule is CC(C)(C)OCC1(CN)CC1. The molecule has 0 radical (unpaired) electrons. The number of hydrogen-bond acceptors (Lipinski definition) is 2. The van der Waals surface area contributed by atoms with Crippen LogP contribution in [0.25, 0.3) is 0 Å². The van der Waals surface area contributed by atoms with Crippen molar-refractivity contribution < 1.29 is 4.74 Å². The van der Waals surface area contributed by atoms with E-state index >= 15 is 0 Å². The van der Waals surface area contributed by atoms with Crippen molar-refractivity contribution >= 4 is 0 Å². The zero-order valence-corrected chi connectivity index (χ0v) is 7.81. The summed E-state index contributed by atoms with van der Waals surface area (Å²) in [6.45, 7) is 7.87. The van der Waals surface area contributed by atoms with Crippen LogP contribution in [0.2, 0.25) is 0 Å². The van der Waals surface area contributed by atoms with Crippen molar-refractivity contribution in [3.05, 3.63) is 0 Å². The van der Waals surface area contributed by atoms with Crippen molar-refractivity contribution in [3.63, 3.8) is 0 Å². The number of hydrogen-bond donors (Lipinski definition) is 1. The highest BCUT2D eigenvalue weighted by Crippen LogP contribution is 2.45. The molecule has 1 aliphatic rings. The monoisotopic (exact) mass is 157 g/mol. The van der Waals surface area contributed by atoms with Crippen LogP contribution in [0.4, 0.5) is 0 Å². The second-order valence-electron chi connectivity index (χ2n) is 4.61. The van der Waals surface area contributed by atoms with Gasteiger partial charge in [0.05, 0.1) is 12.2 Å². The van der Waals surface area contributed by atoms with E-state index in [4.69, 9.17) is 10.5 Å². The van der Waals surface area contributed by atoms with E-state index in [1.54, 1.807) is 0 Å². The minimum atomic E-state index is -0.00917. The molecule has 0 aliphatic heterocycles. The molecule has 2 heteroatoms. The molecule has 1 saturated carbocycles. The molecule has 1 fully saturated rings. The Balaban J connectivity index is 2.22. The third-order valence-corrected chi connectivity index (χ3v) is 2.20. The van der Waals surface area contributed by atoms with Crippen molar-refractivity contribution in [3.8, 4) is 0 Å². The third-order valence-electron chi connectivity index (χ3n) is 2.20. The summed E-state index contributed by atoms with van der Waals surface area (Å²) in [5.74, 6) is 0. The molecular formula is C9H19NO. The van der Waals surface area contributed by atoms with Gasteiger partial charge >= 0.3 is 0 Å². The van der Waals surface area contributed by atoms with Crippen LogP contribution in [0.15, 0.2) is 0 Å². The van der Waals surface area contributed by atoms with E-state index in [2.05, 4.69) is 20.8 Å². The first-order chi connectivity index (χ1) is 4.97. The zero-order chi connectivity index (χ0) is 8.54. The van der Waals surface area contributed by atoms with Gasteiger partial charge in [-0.25, -0.2) is 0 Å². The van der Waals surface area contributed by atoms with E-state index in [1.807, 2.05) is 0 Å². The highest BCUT2D eigenvalue weighted by molar-refractivity contribution is 4.94. The molecule has 0 bridgehead atoms. The van der Waals surface area contributed by atoms with Gasteiger partial charge < -0.3 is 10.5 Å². The van der Waals surface area contributed by atoms with Gasteiger partial charge in [-0.2, -0.15) is 0 Å². The summed E-state index contributed by atoms with van der Waals surface area (Å²) in [7, 11) is 0. The summed E-state index contributed by atoms with van der Waals surface area (Å²) in [6, 6.07) is 0. The second-order valence-corrected chi connectivity index (χ2v) is 4.61. The fourth-order valence-electron chi connectivity index (χ4n) is 0.954. The lowest BCUT2D eigenvalue weighted by atomic mass is 10.1. The molecule has 0 aromatic carbocycles. The van der Waals surface area contributed by atoms with E-state index in [0.717, 1.165) is 13.2 Å². The lowest BCUT2D eigenvalue weighted by molar-refractivity contribution is -0.0262. The standard InChI is InChI=1S/C9H19NO/c1-8(2,3)11-7-9(6-10)4-5-9/h4-7,10H2,1-3H3. The van der Waals surface area contributed by atoms with E-state index < -0.39 is 0 Å². The predicted molar refractivity (Wildman–Crippen MR) is 46.4 cm³/mol. The highest BCUT2D eigenvalue weighted by Gasteiger charge is 2.42. The molecule has 2 N–H and O–H groups in total. The molecule has 0 saturated heterocycles. The Morgan fingerprint density at radius 1 is 1.36 bits per heavy atom. The Labute approximate surface area is 69.1 Å². The van der Waals surface area contributed by atoms with Crippen LogP contribution in [-0.2, 0) is 4.74 Å². The first-order valence-electron chi connectivity index (χ1n) is 4.32. The lowest BCUT2D eigenvalue weighted by Gasteiger charge is -2.23. The maximum Gasteiger partial charge on any atom is 0.0598 e. The number of ether oxygens (including phenoxy) is 1. The molecule has 0 aromatic rings. The van der Waals surface area contributed by atoms with Gasteiger partial charge in [0.2, 0.25) is 0 Å². The van der Waals surface area contributed by atoms with Gasteiger partial charge in [0.15, 0.2) is 0 Å². The fraction of sp³-hybridized carbons (Fsp3) is 1.00. The third kappa shape index (κ3) is 2.80. The fourth-order valence-corrected chi connectivity index (χ4v) is 0.954. The van der Waals surface area contributed by atoms with E-state index in [0.29, 0.717) is 5.41 Å². The van der Waals surface area contributed by atoms with Crippen molar-refractivity contribution in [1.29, 1.82) is 0 Å². The molecule has 0 heterocycles. The van der Waals surface area contributed by atoms with Crippen molar-refractivity contribution in [2.24, 2.45) is 11.1 Å². The topological polar surface area (TPSA) is 35.2 Å². The van der Waals surface area contributed by atoms with Crippen LogP contribution >= 0.6 is 0 Å². The Kier molecular flexibility index (Phi) is 2.26. The van der Waals surface area contributed by atoms with Gasteiger partial charge in [-0.05, 0) is 33.6 Å². The second kappa shape index (κ2) is 2.76. The smallest absolute Gasteiger partial charge is 0.0598 e. The molecule has 0 atom stereocenters. The molecule has 1 rings (SSSR count). The van der Waals surface area contributed by atoms with Gasteiger partial charge in [0.25, 0.3) is 0 Å². The molecular weight excluding hydrogens is 138 g/mol. The van der Waals surface area contributed by atoms with Crippen molar-refractivity contribution in [2.75, 3.05) is 13.2 Å². The summed E-state index contributed by atoms with van der Waals surface area (Å²) in [5, 5.41) is 0. The Hall–Kier alpha value is -0.0800. The summed E-state index contributed by atoms with van der Waals surface area (Å²) < 4.78 is 5.67. The van der Waals surface area contributed by atoms with Crippen LogP contribution in [0.1, 0.15) is 33.6 Å². The normalized spacial score (nSPS) is 21.8. The molecule has 2 nitrogen and oxygen atoms in total. The van der Waals surface area contributed by atoms with Crippen LogP contribution in [0.3, 0.4) is 0 Å². The molecule has 66 valence electrons.